The Morgan fingerprint density at radius 2 is 2.21 bits per heavy atom. The lowest BCUT2D eigenvalue weighted by Gasteiger charge is -2.35. The lowest BCUT2D eigenvalue weighted by atomic mass is 10.1. The van der Waals surface area contributed by atoms with E-state index in [2.05, 4.69) is 26.0 Å². The zero-order valence-electron chi connectivity index (χ0n) is 14.6. The van der Waals surface area contributed by atoms with Crippen LogP contribution in [0, 0.1) is 5.82 Å². The smallest absolute Gasteiger partial charge is 0.280 e. The number of hydrogen-bond donors (Lipinski definition) is 3. The minimum Gasteiger partial charge on any atom is -0.370 e. The van der Waals surface area contributed by atoms with Crippen molar-refractivity contribution in [2.45, 2.75) is 24.7 Å². The first-order chi connectivity index (χ1) is 13.2. The number of anilines is 1. The van der Waals surface area contributed by atoms with Crippen molar-refractivity contribution in [2.75, 3.05) is 12.4 Å². The lowest BCUT2D eigenvalue weighted by Crippen LogP contribution is -2.51. The number of rotatable bonds is 5. The summed E-state index contributed by atoms with van der Waals surface area (Å²) in [5.74, 6) is -0.551. The zero-order chi connectivity index (χ0) is 20.5. The van der Waals surface area contributed by atoms with Crippen molar-refractivity contribution in [1.29, 1.82) is 0 Å². The molecule has 0 aliphatic carbocycles. The molecule has 1 saturated heterocycles. The second-order valence-corrected chi connectivity index (χ2v) is 10.9. The van der Waals surface area contributed by atoms with Gasteiger partial charge in [0.25, 0.3) is 10.2 Å². The van der Waals surface area contributed by atoms with Crippen molar-refractivity contribution in [1.82, 2.24) is 9.03 Å². The Morgan fingerprint density at radius 3 is 2.86 bits per heavy atom. The van der Waals surface area contributed by atoms with Crippen LogP contribution in [0.1, 0.15) is 17.3 Å². The van der Waals surface area contributed by atoms with Crippen LogP contribution >= 0.6 is 38.9 Å². The molecule has 3 N–H and O–H groups in total. The summed E-state index contributed by atoms with van der Waals surface area (Å²) in [5.41, 5.74) is 0.441. The molecule has 3 atom stereocenters. The van der Waals surface area contributed by atoms with Crippen LogP contribution in [0.5, 0.6) is 0 Å². The van der Waals surface area contributed by atoms with Gasteiger partial charge in [-0.1, -0.05) is 17.7 Å². The second-order valence-electron chi connectivity index (χ2n) is 6.24. The molecule has 6 nitrogen and oxygen atoms in total. The fraction of sp³-hybridized carbons (Fsp3) is 0.294. The molecule has 28 heavy (non-hydrogen) atoms. The molecule has 3 rings (SSSR count). The van der Waals surface area contributed by atoms with E-state index in [-0.39, 0.29) is 11.1 Å². The monoisotopic (exact) mass is 509 g/mol. The van der Waals surface area contributed by atoms with Crippen molar-refractivity contribution in [2.24, 2.45) is 0 Å². The first-order valence-corrected chi connectivity index (χ1v) is 11.7. The van der Waals surface area contributed by atoms with Crippen molar-refractivity contribution < 1.29 is 17.9 Å². The van der Waals surface area contributed by atoms with E-state index in [0.29, 0.717) is 12.1 Å². The molecule has 0 amide bonds. The van der Waals surface area contributed by atoms with E-state index < -0.39 is 28.3 Å². The quantitative estimate of drug-likeness (QED) is 0.421. The van der Waals surface area contributed by atoms with Crippen LogP contribution in [0.2, 0.25) is 5.02 Å². The van der Waals surface area contributed by atoms with Crippen LogP contribution in [0.4, 0.5) is 10.1 Å². The number of hydrogen-bond acceptors (Lipinski definition) is 5. The Labute approximate surface area is 180 Å². The molecule has 1 aromatic carbocycles. The van der Waals surface area contributed by atoms with Crippen LogP contribution < -0.4 is 10.0 Å². The maximum atomic E-state index is 13.2. The fourth-order valence-corrected chi connectivity index (χ4v) is 5.81. The van der Waals surface area contributed by atoms with E-state index in [9.17, 15) is 17.9 Å². The van der Waals surface area contributed by atoms with E-state index in [1.165, 1.54) is 47.0 Å². The normalized spacial score (nSPS) is 23.8. The molecule has 0 radical (unpaired) electrons. The first-order valence-electron chi connectivity index (χ1n) is 8.24. The molecule has 1 unspecified atom stereocenters. The molecular formula is C17H18BrClFN3O3S2. The average molecular weight is 511 g/mol. The number of aliphatic hydroxyl groups excluding tert-OH is 1. The van der Waals surface area contributed by atoms with Gasteiger partial charge < -0.3 is 10.4 Å². The Bertz CT molecular complexity index is 986. The highest BCUT2D eigenvalue weighted by molar-refractivity contribution is 9.11. The summed E-state index contributed by atoms with van der Waals surface area (Å²) in [6.07, 6.45) is 2.51. The van der Waals surface area contributed by atoms with Gasteiger partial charge in [-0.3, -0.25) is 0 Å². The molecule has 11 heteroatoms. The summed E-state index contributed by atoms with van der Waals surface area (Å²) in [6, 6.07) is 6.96. The van der Waals surface area contributed by atoms with Crippen molar-refractivity contribution in [3.05, 3.63) is 62.0 Å². The van der Waals surface area contributed by atoms with Gasteiger partial charge in [0, 0.05) is 23.7 Å². The number of benzene rings is 1. The summed E-state index contributed by atoms with van der Waals surface area (Å²) in [4.78, 5) is 0.904. The molecule has 2 heterocycles. The molecule has 2 aromatic rings. The van der Waals surface area contributed by atoms with E-state index in [0.717, 1.165) is 8.66 Å². The summed E-state index contributed by atoms with van der Waals surface area (Å²) in [5, 5.41) is 12.9. The van der Waals surface area contributed by atoms with Crippen molar-refractivity contribution >= 4 is 54.8 Å². The molecular weight excluding hydrogens is 493 g/mol. The second kappa shape index (κ2) is 8.78. The Balaban J connectivity index is 1.72. The molecule has 0 saturated carbocycles. The SMILES string of the molecule is CN1[C@@H](/C=C/C(O)Nc2ccc(F)c(Cl)c2)C[C@H](c2ccc(Br)s2)NS1(=O)=O. The highest BCUT2D eigenvalue weighted by atomic mass is 79.9. The van der Waals surface area contributed by atoms with Crippen molar-refractivity contribution in [3.63, 3.8) is 0 Å². The average Bonchev–Trinajstić information content (AvgIpc) is 3.06. The molecule has 1 fully saturated rings. The summed E-state index contributed by atoms with van der Waals surface area (Å²) >= 11 is 10.6. The van der Waals surface area contributed by atoms with Gasteiger partial charge in [-0.15, -0.1) is 11.3 Å². The van der Waals surface area contributed by atoms with E-state index in [4.69, 9.17) is 11.6 Å². The van der Waals surface area contributed by atoms with Gasteiger partial charge in [-0.25, -0.2) is 4.39 Å². The molecule has 1 aliphatic rings. The summed E-state index contributed by atoms with van der Waals surface area (Å²) < 4.78 is 42.9. The number of aliphatic hydroxyl groups is 1. The van der Waals surface area contributed by atoms with Crippen LogP contribution in [-0.4, -0.2) is 37.1 Å². The third kappa shape index (κ3) is 5.12. The van der Waals surface area contributed by atoms with Crippen LogP contribution in [0.15, 0.2) is 46.3 Å². The van der Waals surface area contributed by atoms with Crippen LogP contribution in [0.3, 0.4) is 0 Å². The molecule has 0 spiro atoms. The van der Waals surface area contributed by atoms with Gasteiger partial charge >= 0.3 is 0 Å². The Kier molecular flexibility index (Phi) is 6.80. The van der Waals surface area contributed by atoms with E-state index in [1.54, 1.807) is 6.08 Å². The van der Waals surface area contributed by atoms with Gasteiger partial charge in [-0.2, -0.15) is 17.4 Å². The maximum Gasteiger partial charge on any atom is 0.280 e. The molecule has 152 valence electrons. The number of nitrogens with one attached hydrogen (secondary N) is 2. The number of thiophene rings is 1. The zero-order valence-corrected chi connectivity index (χ0v) is 18.6. The Hall–Kier alpha value is -1.01. The minimum atomic E-state index is -3.65. The van der Waals surface area contributed by atoms with Gasteiger partial charge in [0.2, 0.25) is 0 Å². The minimum absolute atomic E-state index is 0.0599. The number of halogens is 3. The third-order valence-electron chi connectivity index (χ3n) is 4.30. The summed E-state index contributed by atoms with van der Waals surface area (Å²) in [7, 11) is -2.17. The van der Waals surface area contributed by atoms with E-state index in [1.807, 2.05) is 12.1 Å². The molecule has 1 aromatic heterocycles. The Morgan fingerprint density at radius 1 is 1.46 bits per heavy atom. The van der Waals surface area contributed by atoms with Gasteiger partial charge in [0.1, 0.15) is 12.0 Å². The topological polar surface area (TPSA) is 81.7 Å². The predicted molar refractivity (Wildman–Crippen MR) is 113 cm³/mol. The predicted octanol–water partition coefficient (Wildman–Crippen LogP) is 3.87. The number of likely N-dealkylation sites (N-methyl/N-ethyl adjacent to an activating group) is 1. The first kappa shape index (κ1) is 21.7. The standard InChI is InChI=1S/C17H18BrClFN3O3S2/c1-23-11(3-7-17(24)21-10-2-4-13(20)12(19)8-10)9-14(22-28(23,25)26)15-5-6-16(18)27-15/h2-8,11,14,17,21-22,24H,9H2,1H3/b7-3+/t11-,14+,17?/m0/s1. The van der Waals surface area contributed by atoms with Gasteiger partial charge in [-0.05, 0) is 58.8 Å². The highest BCUT2D eigenvalue weighted by Crippen LogP contribution is 2.34. The van der Waals surface area contributed by atoms with Crippen LogP contribution in [0.25, 0.3) is 0 Å². The van der Waals surface area contributed by atoms with Gasteiger partial charge in [0.15, 0.2) is 0 Å². The molecule has 1 aliphatic heterocycles. The maximum absolute atomic E-state index is 13.2. The largest absolute Gasteiger partial charge is 0.370 e. The number of nitrogens with zero attached hydrogens (tertiary/aromatic N) is 1. The summed E-state index contributed by atoms with van der Waals surface area (Å²) in [6.45, 7) is 0. The third-order valence-corrected chi connectivity index (χ3v) is 7.94. The highest BCUT2D eigenvalue weighted by Gasteiger charge is 2.36. The fourth-order valence-electron chi connectivity index (χ4n) is 2.81. The van der Waals surface area contributed by atoms with E-state index >= 15 is 0 Å². The van der Waals surface area contributed by atoms with Gasteiger partial charge in [0.05, 0.1) is 14.9 Å². The van der Waals surface area contributed by atoms with Crippen LogP contribution in [-0.2, 0) is 10.2 Å². The van der Waals surface area contributed by atoms with Crippen molar-refractivity contribution in [3.8, 4) is 0 Å². The molecule has 0 bridgehead atoms. The lowest BCUT2D eigenvalue weighted by molar-refractivity contribution is 0.249.